The molecule has 20 heavy (non-hydrogen) atoms. The van der Waals surface area contributed by atoms with Crippen LogP contribution in [0.25, 0.3) is 0 Å². The van der Waals surface area contributed by atoms with Gasteiger partial charge in [0.2, 0.25) is 0 Å². The zero-order chi connectivity index (χ0) is 15.6. The first-order valence-electron chi connectivity index (χ1n) is 5.94. The van der Waals surface area contributed by atoms with Crippen LogP contribution in [0.1, 0.15) is 18.9 Å². The fourth-order valence-electron chi connectivity index (χ4n) is 1.71. The van der Waals surface area contributed by atoms with Crippen molar-refractivity contribution in [3.8, 4) is 5.40 Å². The lowest BCUT2D eigenvalue weighted by Crippen LogP contribution is -2.35. The molecule has 1 aromatic carbocycles. The molecule has 0 aliphatic heterocycles. The lowest BCUT2D eigenvalue weighted by Gasteiger charge is -2.30. The highest BCUT2D eigenvalue weighted by Crippen LogP contribution is 2.41. The fraction of sp³-hybridized carbons (Fsp3) is 0.462. The van der Waals surface area contributed by atoms with E-state index in [0.717, 1.165) is 12.1 Å². The van der Waals surface area contributed by atoms with Crippen LogP contribution in [0.5, 0.6) is 0 Å². The number of nitro groups is 1. The van der Waals surface area contributed by atoms with Gasteiger partial charge in [0.1, 0.15) is 11.2 Å². The Morgan fingerprint density at radius 3 is 2.65 bits per heavy atom. The summed E-state index contributed by atoms with van der Waals surface area (Å²) < 4.78 is 13.9. The zero-order valence-electron chi connectivity index (χ0n) is 11.7. The van der Waals surface area contributed by atoms with E-state index in [9.17, 15) is 14.5 Å². The molecule has 0 radical (unpaired) electrons. The number of nitrogens with zero attached hydrogens (tertiary/aromatic N) is 2. The smallest absolute Gasteiger partial charge is 0.269 e. The van der Waals surface area contributed by atoms with Gasteiger partial charge in [0, 0.05) is 23.2 Å². The molecule has 0 aliphatic rings. The lowest BCUT2D eigenvalue weighted by atomic mass is 9.90. The minimum absolute atomic E-state index is 0.111. The average molecular weight is 299 g/mol. The molecule has 0 aromatic heterocycles. The number of nitrogens with two attached hydrogens (primary N) is 1. The van der Waals surface area contributed by atoms with Crippen molar-refractivity contribution in [2.75, 3.05) is 18.3 Å². The minimum Gasteiger partial charge on any atom is -0.322 e. The van der Waals surface area contributed by atoms with E-state index in [1.54, 1.807) is 6.92 Å². The Labute approximate surface area is 119 Å². The molecule has 0 unspecified atom stereocenters. The summed E-state index contributed by atoms with van der Waals surface area (Å²) in [7, 11) is -1.43. The topological polar surface area (TPSA) is 93.0 Å². The molecule has 1 atom stereocenters. The molecule has 5 nitrogen and oxygen atoms in total. The molecule has 0 bridgehead atoms. The minimum atomic E-state index is -1.43. The van der Waals surface area contributed by atoms with Crippen molar-refractivity contribution in [1.29, 1.82) is 5.26 Å². The Morgan fingerprint density at radius 2 is 2.15 bits per heavy atom. The van der Waals surface area contributed by atoms with Crippen molar-refractivity contribution < 1.29 is 9.31 Å². The van der Waals surface area contributed by atoms with Crippen LogP contribution in [0, 0.1) is 26.6 Å². The molecule has 0 saturated carbocycles. The molecule has 7 heteroatoms. The summed E-state index contributed by atoms with van der Waals surface area (Å²) in [6, 6.07) is 3.34. The molecule has 0 fully saturated rings. The predicted molar refractivity (Wildman–Crippen MR) is 79.1 cm³/mol. The van der Waals surface area contributed by atoms with E-state index >= 15 is 0 Å². The van der Waals surface area contributed by atoms with Crippen molar-refractivity contribution >= 4 is 15.7 Å². The molecule has 1 aromatic rings. The van der Waals surface area contributed by atoms with Crippen LogP contribution >= 0.6 is 10.0 Å². The van der Waals surface area contributed by atoms with E-state index < -0.39 is 26.3 Å². The Bertz CT molecular complexity index is 567. The fourth-order valence-corrected chi connectivity index (χ4v) is 2.74. The maximum atomic E-state index is 13.9. The third-order valence-corrected chi connectivity index (χ3v) is 4.87. The number of halogens is 1. The number of benzene rings is 1. The maximum absolute atomic E-state index is 13.9. The van der Waals surface area contributed by atoms with E-state index in [2.05, 4.69) is 5.40 Å². The van der Waals surface area contributed by atoms with Gasteiger partial charge in [-0.1, -0.05) is 0 Å². The second-order valence-electron chi connectivity index (χ2n) is 5.42. The van der Waals surface area contributed by atoms with Crippen LogP contribution in [0.15, 0.2) is 18.2 Å². The number of thiocyanates is 1. The summed E-state index contributed by atoms with van der Waals surface area (Å²) in [5.74, 6) is -0.0103. The summed E-state index contributed by atoms with van der Waals surface area (Å²) in [6.07, 6.45) is 4.10. The molecule has 2 N–H and O–H groups in total. The first kappa shape index (κ1) is 16.4. The highest BCUT2D eigenvalue weighted by atomic mass is 32.3. The number of hydrogen-bond acceptors (Lipinski definition) is 4. The molecule has 0 saturated heterocycles. The Hall–Kier alpha value is -1.65. The van der Waals surface area contributed by atoms with E-state index in [1.165, 1.54) is 6.07 Å². The normalized spacial score (nSPS) is 15.2. The molecule has 1 rings (SSSR count). The van der Waals surface area contributed by atoms with Gasteiger partial charge in [-0.05, 0) is 37.7 Å². The quantitative estimate of drug-likeness (QED) is 0.514. The molecular formula is C13H18FN3O2S. The van der Waals surface area contributed by atoms with Gasteiger partial charge in [0.05, 0.1) is 4.92 Å². The van der Waals surface area contributed by atoms with Crippen LogP contribution in [0.4, 0.5) is 10.1 Å². The van der Waals surface area contributed by atoms with Crippen LogP contribution in [0.3, 0.4) is 0 Å². The van der Waals surface area contributed by atoms with Crippen LogP contribution in [0.2, 0.25) is 0 Å². The van der Waals surface area contributed by atoms with E-state index in [-0.39, 0.29) is 11.3 Å². The number of nitriles is 1. The summed E-state index contributed by atoms with van der Waals surface area (Å²) in [4.78, 5) is 10.2. The van der Waals surface area contributed by atoms with Gasteiger partial charge in [-0.15, -0.1) is 0 Å². The molecule has 0 amide bonds. The number of rotatable bonds is 5. The second-order valence-corrected chi connectivity index (χ2v) is 9.09. The van der Waals surface area contributed by atoms with E-state index in [1.807, 2.05) is 12.5 Å². The number of nitro benzene ring substituents is 1. The van der Waals surface area contributed by atoms with Gasteiger partial charge in [-0.2, -0.15) is 15.3 Å². The van der Waals surface area contributed by atoms with Gasteiger partial charge in [0.25, 0.3) is 5.69 Å². The molecular weight excluding hydrogens is 281 g/mol. The number of non-ortho nitro benzene ring substituents is 1. The Balaban J connectivity index is 3.06. The summed E-state index contributed by atoms with van der Waals surface area (Å²) >= 11 is 0. The zero-order valence-corrected chi connectivity index (χ0v) is 12.5. The van der Waals surface area contributed by atoms with Crippen molar-refractivity contribution in [2.45, 2.75) is 18.9 Å². The molecule has 0 heterocycles. The molecule has 110 valence electrons. The monoisotopic (exact) mass is 299 g/mol. The van der Waals surface area contributed by atoms with Gasteiger partial charge in [-0.3, -0.25) is 10.1 Å². The highest BCUT2D eigenvalue weighted by molar-refractivity contribution is 8.36. The predicted octanol–water partition coefficient (Wildman–Crippen LogP) is 2.84. The van der Waals surface area contributed by atoms with Crippen molar-refractivity contribution in [1.82, 2.24) is 0 Å². The van der Waals surface area contributed by atoms with Crippen molar-refractivity contribution in [2.24, 2.45) is 5.73 Å². The van der Waals surface area contributed by atoms with Gasteiger partial charge in [-0.25, -0.2) is 4.39 Å². The van der Waals surface area contributed by atoms with Gasteiger partial charge in [0.15, 0.2) is 0 Å². The Kier molecular flexibility index (Phi) is 4.73. The summed E-state index contributed by atoms with van der Waals surface area (Å²) in [6.45, 7) is 1.63. The third kappa shape index (κ3) is 3.92. The SMILES string of the molecule is C[C@](N)(CCS(C)(C)C#N)c1cc([N+](=O)[O-])ccc1F. The average Bonchev–Trinajstić information content (AvgIpc) is 2.37. The maximum Gasteiger partial charge on any atom is 0.269 e. The van der Waals surface area contributed by atoms with E-state index in [4.69, 9.17) is 11.0 Å². The first-order chi connectivity index (χ1) is 9.09. The summed E-state index contributed by atoms with van der Waals surface area (Å²) in [5.41, 5.74) is 4.99. The largest absolute Gasteiger partial charge is 0.322 e. The van der Waals surface area contributed by atoms with Crippen LogP contribution in [-0.2, 0) is 5.54 Å². The molecule has 0 spiro atoms. The standard InChI is InChI=1S/C13H18FN3O2S/c1-13(16,6-7-20(2,3)9-15)11-8-10(17(18)19)4-5-12(11)14/h4-5,8H,6-7,16H2,1-3H3/t13-/m0/s1. The van der Waals surface area contributed by atoms with Crippen molar-refractivity contribution in [3.63, 3.8) is 0 Å². The summed E-state index contributed by atoms with van der Waals surface area (Å²) in [5, 5.41) is 22.0. The van der Waals surface area contributed by atoms with Crippen LogP contribution in [-0.4, -0.2) is 23.2 Å². The van der Waals surface area contributed by atoms with Crippen LogP contribution < -0.4 is 5.73 Å². The molecule has 0 aliphatic carbocycles. The Morgan fingerprint density at radius 1 is 1.55 bits per heavy atom. The third-order valence-electron chi connectivity index (χ3n) is 3.15. The second kappa shape index (κ2) is 5.77. The van der Waals surface area contributed by atoms with Gasteiger partial charge < -0.3 is 5.73 Å². The first-order valence-corrected chi connectivity index (χ1v) is 8.56. The van der Waals surface area contributed by atoms with Gasteiger partial charge >= 0.3 is 0 Å². The van der Waals surface area contributed by atoms with E-state index in [0.29, 0.717) is 12.2 Å². The highest BCUT2D eigenvalue weighted by Gasteiger charge is 2.28. The lowest BCUT2D eigenvalue weighted by molar-refractivity contribution is -0.385. The number of hydrogen-bond donors (Lipinski definition) is 1. The van der Waals surface area contributed by atoms with Crippen molar-refractivity contribution in [3.05, 3.63) is 39.7 Å².